The molecule has 158 valence electrons. The van der Waals surface area contributed by atoms with Crippen LogP contribution < -0.4 is 10.6 Å². The summed E-state index contributed by atoms with van der Waals surface area (Å²) in [6.07, 6.45) is 3.62. The number of hydrogen-bond donors (Lipinski definition) is 2. The van der Waals surface area contributed by atoms with E-state index in [-0.39, 0.29) is 29.9 Å². The second kappa shape index (κ2) is 11.6. The summed E-state index contributed by atoms with van der Waals surface area (Å²) in [6.45, 7) is 10.2. The predicted octanol–water partition coefficient (Wildman–Crippen LogP) is 1.74. The van der Waals surface area contributed by atoms with Crippen LogP contribution in [0.5, 0.6) is 0 Å². The largest absolute Gasteiger partial charge is 0.361 e. The van der Waals surface area contributed by atoms with Gasteiger partial charge in [0.1, 0.15) is 5.76 Å². The summed E-state index contributed by atoms with van der Waals surface area (Å²) in [5, 5.41) is 10.5. The lowest BCUT2D eigenvalue weighted by Gasteiger charge is -2.36. The van der Waals surface area contributed by atoms with E-state index in [4.69, 9.17) is 9.52 Å². The maximum Gasteiger partial charge on any atom is 0.220 e. The fraction of sp³-hybridized carbons (Fsp3) is 0.737. The number of carbonyl (C=O) groups excluding carboxylic acids is 1. The van der Waals surface area contributed by atoms with Crippen molar-refractivity contribution in [3.63, 3.8) is 0 Å². The molecule has 2 fully saturated rings. The Bertz CT molecular complexity index is 638. The zero-order chi connectivity index (χ0) is 19.1. The molecule has 9 heteroatoms. The van der Waals surface area contributed by atoms with Gasteiger partial charge in [0.2, 0.25) is 5.91 Å². The van der Waals surface area contributed by atoms with Gasteiger partial charge in [0.05, 0.1) is 5.69 Å². The van der Waals surface area contributed by atoms with Gasteiger partial charge in [0.25, 0.3) is 0 Å². The lowest BCUT2D eigenvalue weighted by atomic mass is 10.3. The van der Waals surface area contributed by atoms with Crippen molar-refractivity contribution in [2.24, 2.45) is 4.99 Å². The summed E-state index contributed by atoms with van der Waals surface area (Å²) >= 11 is 0. The Morgan fingerprint density at radius 1 is 1.32 bits per heavy atom. The Morgan fingerprint density at radius 2 is 2.07 bits per heavy atom. The number of halogens is 1. The van der Waals surface area contributed by atoms with Gasteiger partial charge < -0.3 is 20.1 Å². The van der Waals surface area contributed by atoms with E-state index in [1.165, 1.54) is 0 Å². The summed E-state index contributed by atoms with van der Waals surface area (Å²) < 4.78 is 5.15. The number of rotatable bonds is 8. The van der Waals surface area contributed by atoms with Crippen LogP contribution in [0.3, 0.4) is 0 Å². The highest BCUT2D eigenvalue weighted by molar-refractivity contribution is 14.0. The highest BCUT2D eigenvalue weighted by Gasteiger charge is 2.23. The molecule has 0 spiro atoms. The number of carbonyl (C=O) groups is 1. The van der Waals surface area contributed by atoms with Crippen molar-refractivity contribution in [1.82, 2.24) is 25.6 Å². The van der Waals surface area contributed by atoms with Crippen LogP contribution in [0.1, 0.15) is 44.1 Å². The minimum atomic E-state index is 0. The lowest BCUT2D eigenvalue weighted by molar-refractivity contribution is -0.121. The molecule has 0 aromatic carbocycles. The second-order valence-electron chi connectivity index (χ2n) is 7.37. The Morgan fingerprint density at radius 3 is 2.68 bits per heavy atom. The lowest BCUT2D eigenvalue weighted by Crippen LogP contribution is -2.52. The summed E-state index contributed by atoms with van der Waals surface area (Å²) in [5.41, 5.74) is 0.992. The molecule has 0 atom stereocenters. The topological polar surface area (TPSA) is 86.0 Å². The van der Waals surface area contributed by atoms with Crippen LogP contribution in [0, 0.1) is 6.92 Å². The van der Waals surface area contributed by atoms with E-state index in [9.17, 15) is 4.79 Å². The first-order valence-corrected chi connectivity index (χ1v) is 10.1. The molecule has 3 rings (SSSR count). The predicted molar refractivity (Wildman–Crippen MR) is 120 cm³/mol. The third kappa shape index (κ3) is 7.57. The molecule has 1 aliphatic heterocycles. The van der Waals surface area contributed by atoms with Gasteiger partial charge >= 0.3 is 0 Å². The zero-order valence-corrected chi connectivity index (χ0v) is 19.3. The molecule has 1 saturated carbocycles. The van der Waals surface area contributed by atoms with Crippen molar-refractivity contribution in [2.75, 3.05) is 39.3 Å². The molecule has 1 aromatic heterocycles. The van der Waals surface area contributed by atoms with Crippen molar-refractivity contribution in [3.05, 3.63) is 17.5 Å². The van der Waals surface area contributed by atoms with E-state index in [1.54, 1.807) is 0 Å². The number of nitrogens with one attached hydrogen (secondary N) is 2. The first-order chi connectivity index (χ1) is 13.1. The van der Waals surface area contributed by atoms with Crippen LogP contribution in [0.25, 0.3) is 0 Å². The van der Waals surface area contributed by atoms with Crippen LogP contribution in [0.2, 0.25) is 0 Å². The van der Waals surface area contributed by atoms with E-state index in [0.29, 0.717) is 19.0 Å². The summed E-state index contributed by atoms with van der Waals surface area (Å²) in [7, 11) is 0. The number of hydrogen-bond acceptors (Lipinski definition) is 5. The highest BCUT2D eigenvalue weighted by atomic mass is 127. The van der Waals surface area contributed by atoms with Crippen molar-refractivity contribution < 1.29 is 9.32 Å². The molecule has 2 N–H and O–H groups in total. The van der Waals surface area contributed by atoms with Crippen LogP contribution >= 0.6 is 24.0 Å². The molecule has 28 heavy (non-hydrogen) atoms. The number of aliphatic imine (C=N–C) groups is 1. The van der Waals surface area contributed by atoms with Crippen LogP contribution in [-0.2, 0) is 11.3 Å². The second-order valence-corrected chi connectivity index (χ2v) is 7.37. The van der Waals surface area contributed by atoms with Gasteiger partial charge in [-0.3, -0.25) is 14.7 Å². The Hall–Kier alpha value is -1.36. The van der Waals surface area contributed by atoms with Crippen LogP contribution in [0.15, 0.2) is 15.6 Å². The fourth-order valence-corrected chi connectivity index (χ4v) is 3.22. The minimum absolute atomic E-state index is 0. The Kier molecular flexibility index (Phi) is 9.49. The number of aromatic nitrogens is 1. The first kappa shape index (κ1) is 22.9. The van der Waals surface area contributed by atoms with Gasteiger partial charge in [0.15, 0.2) is 5.96 Å². The summed E-state index contributed by atoms with van der Waals surface area (Å²) in [4.78, 5) is 21.2. The molecule has 0 unspecified atom stereocenters. The first-order valence-electron chi connectivity index (χ1n) is 10.1. The standard InChI is InChI=1S/C19H32N6O2.HI/c1-3-20-19(21-8-4-5-18(26)22-16-6-7-16)25-11-9-24(10-12-25)14-17-13-15(2)27-23-17;/h13,16H,3-12,14H2,1-2H3,(H,20,21)(H,22,26);1H. The number of guanidine groups is 1. The molecule has 0 bridgehead atoms. The monoisotopic (exact) mass is 504 g/mol. The maximum atomic E-state index is 11.8. The molecular formula is C19H33IN6O2. The number of aryl methyl sites for hydroxylation is 1. The van der Waals surface area contributed by atoms with Crippen molar-refractivity contribution in [3.8, 4) is 0 Å². The SMILES string of the molecule is CCNC(=NCCCC(=O)NC1CC1)N1CCN(Cc2cc(C)on2)CC1.I. The van der Waals surface area contributed by atoms with Gasteiger partial charge in [0, 0.05) is 64.3 Å². The van der Waals surface area contributed by atoms with E-state index in [2.05, 4.69) is 32.5 Å². The molecule has 1 aliphatic carbocycles. The molecule has 1 amide bonds. The highest BCUT2D eigenvalue weighted by Crippen LogP contribution is 2.18. The van der Waals surface area contributed by atoms with Crippen molar-refractivity contribution in [1.29, 1.82) is 0 Å². The summed E-state index contributed by atoms with van der Waals surface area (Å²) in [6, 6.07) is 2.44. The Labute approximate surface area is 184 Å². The Balaban J connectivity index is 0.00000280. The molecular weight excluding hydrogens is 471 g/mol. The van der Waals surface area contributed by atoms with Crippen LogP contribution in [-0.4, -0.2) is 72.1 Å². The van der Waals surface area contributed by atoms with Crippen molar-refractivity contribution >= 4 is 35.8 Å². The minimum Gasteiger partial charge on any atom is -0.361 e. The van der Waals surface area contributed by atoms with Gasteiger partial charge in [-0.25, -0.2) is 0 Å². The summed E-state index contributed by atoms with van der Waals surface area (Å²) in [5.74, 6) is 1.97. The third-order valence-corrected chi connectivity index (χ3v) is 4.84. The number of piperazine rings is 1. The van der Waals surface area contributed by atoms with Crippen molar-refractivity contribution in [2.45, 2.75) is 52.1 Å². The number of nitrogens with zero attached hydrogens (tertiary/aromatic N) is 4. The maximum absolute atomic E-state index is 11.8. The number of amides is 1. The quantitative estimate of drug-likeness (QED) is 0.243. The smallest absolute Gasteiger partial charge is 0.220 e. The molecule has 2 aliphatic rings. The fourth-order valence-electron chi connectivity index (χ4n) is 3.22. The van der Waals surface area contributed by atoms with E-state index >= 15 is 0 Å². The van der Waals surface area contributed by atoms with E-state index in [0.717, 1.165) is 75.9 Å². The van der Waals surface area contributed by atoms with Gasteiger partial charge in [-0.1, -0.05) is 5.16 Å². The third-order valence-electron chi connectivity index (χ3n) is 4.84. The molecule has 1 saturated heterocycles. The van der Waals surface area contributed by atoms with Gasteiger partial charge in [-0.05, 0) is 33.1 Å². The molecule has 1 aromatic rings. The van der Waals surface area contributed by atoms with E-state index < -0.39 is 0 Å². The van der Waals surface area contributed by atoms with Gasteiger partial charge in [-0.2, -0.15) is 0 Å². The molecule has 8 nitrogen and oxygen atoms in total. The van der Waals surface area contributed by atoms with Crippen LogP contribution in [0.4, 0.5) is 0 Å². The normalized spacial score (nSPS) is 17.9. The average Bonchev–Trinajstić information content (AvgIpc) is 3.38. The van der Waals surface area contributed by atoms with E-state index in [1.807, 2.05) is 13.0 Å². The van der Waals surface area contributed by atoms with Gasteiger partial charge in [-0.15, -0.1) is 24.0 Å². The average molecular weight is 504 g/mol. The zero-order valence-electron chi connectivity index (χ0n) is 16.9. The molecule has 0 radical (unpaired) electrons. The molecule has 2 heterocycles.